The Morgan fingerprint density at radius 3 is 2.35 bits per heavy atom. The van der Waals surface area contributed by atoms with E-state index in [0.717, 1.165) is 16.5 Å². The van der Waals surface area contributed by atoms with E-state index < -0.39 is 18.1 Å². The van der Waals surface area contributed by atoms with Crippen LogP contribution in [-0.4, -0.2) is 47.9 Å². The van der Waals surface area contributed by atoms with E-state index in [9.17, 15) is 14.4 Å². The molecule has 7 nitrogen and oxygen atoms in total. The van der Waals surface area contributed by atoms with Gasteiger partial charge in [-0.15, -0.1) is 6.58 Å². The smallest absolute Gasteiger partial charge is 0.268 e. The van der Waals surface area contributed by atoms with Crippen LogP contribution in [0.1, 0.15) is 36.8 Å². The summed E-state index contributed by atoms with van der Waals surface area (Å²) in [5.41, 5.74) is 2.16. The number of aromatic amines is 1. The van der Waals surface area contributed by atoms with Crippen LogP contribution in [0.15, 0.2) is 73.3 Å². The summed E-state index contributed by atoms with van der Waals surface area (Å²) in [6.45, 7) is 9.41. The van der Waals surface area contributed by atoms with Crippen LogP contribution in [-0.2, 0) is 20.7 Å². The Morgan fingerprint density at radius 2 is 1.74 bits per heavy atom. The number of Topliss-reactive ketones (excluding diaryl/α,β-unsaturated/α-hetero) is 1. The summed E-state index contributed by atoms with van der Waals surface area (Å²) in [4.78, 5) is 40.2. The van der Waals surface area contributed by atoms with Crippen LogP contribution in [0.2, 0.25) is 0 Å². The molecule has 0 radical (unpaired) electrons. The molecule has 0 aliphatic carbocycles. The molecule has 1 aliphatic heterocycles. The van der Waals surface area contributed by atoms with Crippen molar-refractivity contribution in [1.82, 2.24) is 15.6 Å². The topological polar surface area (TPSA) is 104 Å². The molecule has 2 atom stereocenters. The summed E-state index contributed by atoms with van der Waals surface area (Å²) in [7, 11) is 0. The van der Waals surface area contributed by atoms with Crippen LogP contribution < -0.4 is 10.6 Å². The summed E-state index contributed by atoms with van der Waals surface area (Å²) in [5, 5.41) is 6.23. The van der Waals surface area contributed by atoms with Crippen LogP contribution in [0.5, 0.6) is 0 Å². The highest BCUT2D eigenvalue weighted by Crippen LogP contribution is 2.16. The van der Waals surface area contributed by atoms with Crippen LogP contribution in [0.4, 0.5) is 0 Å². The predicted octanol–water partition coefficient (Wildman–Crippen LogP) is 3.81. The highest BCUT2D eigenvalue weighted by atomic mass is 16.6. The van der Waals surface area contributed by atoms with Crippen LogP contribution in [0, 0.1) is 0 Å². The first kappa shape index (κ1) is 26.5. The molecule has 7 heteroatoms. The average molecular weight is 464 g/mol. The molecule has 1 fully saturated rings. The Balaban J connectivity index is 0.000000758. The first-order valence-electron chi connectivity index (χ1n) is 11.4. The number of amides is 2. The second kappa shape index (κ2) is 13.7. The number of nitrogens with one attached hydrogen (secondary N) is 3. The number of aromatic nitrogens is 1. The number of ketones is 1. The summed E-state index contributed by atoms with van der Waals surface area (Å²) in [6.07, 6.45) is 1.67. The molecule has 1 aromatic heterocycles. The number of carbonyl (C=O) groups is 3. The van der Waals surface area contributed by atoms with Crippen molar-refractivity contribution in [2.24, 2.45) is 0 Å². The molecule has 3 N–H and O–H groups in total. The van der Waals surface area contributed by atoms with E-state index in [1.807, 2.05) is 75.4 Å². The van der Waals surface area contributed by atoms with Crippen molar-refractivity contribution >= 4 is 28.5 Å². The zero-order valence-electron chi connectivity index (χ0n) is 20.0. The third-order valence-electron chi connectivity index (χ3n) is 4.80. The minimum atomic E-state index is -0.692. The number of ether oxygens (including phenoxy) is 1. The van der Waals surface area contributed by atoms with Gasteiger partial charge in [0, 0.05) is 10.9 Å². The maximum absolute atomic E-state index is 12.5. The van der Waals surface area contributed by atoms with Crippen molar-refractivity contribution in [1.29, 1.82) is 0 Å². The molecule has 3 aromatic rings. The third-order valence-corrected chi connectivity index (χ3v) is 4.80. The first-order chi connectivity index (χ1) is 16.5. The van der Waals surface area contributed by atoms with Crippen LogP contribution in [0.3, 0.4) is 0 Å². The zero-order valence-corrected chi connectivity index (χ0v) is 20.0. The summed E-state index contributed by atoms with van der Waals surface area (Å²) in [5.74, 6) is -0.957. The van der Waals surface area contributed by atoms with E-state index in [0.29, 0.717) is 18.7 Å². The Morgan fingerprint density at radius 1 is 1.12 bits per heavy atom. The van der Waals surface area contributed by atoms with E-state index >= 15 is 0 Å². The van der Waals surface area contributed by atoms with E-state index in [4.69, 9.17) is 4.74 Å². The molecule has 180 valence electrons. The molecule has 1 saturated heterocycles. The number of para-hydroxylation sites is 1. The summed E-state index contributed by atoms with van der Waals surface area (Å²) < 4.78 is 5.08. The van der Waals surface area contributed by atoms with Gasteiger partial charge in [-0.2, -0.15) is 0 Å². The van der Waals surface area contributed by atoms with Gasteiger partial charge >= 0.3 is 0 Å². The minimum absolute atomic E-state index is 0.149. The van der Waals surface area contributed by atoms with E-state index in [-0.39, 0.29) is 18.2 Å². The molecule has 0 bridgehead atoms. The van der Waals surface area contributed by atoms with Gasteiger partial charge in [-0.05, 0) is 31.0 Å². The number of epoxide rings is 1. The molecule has 4 rings (SSSR count). The lowest BCUT2D eigenvalue weighted by Gasteiger charge is -2.17. The Kier molecular flexibility index (Phi) is 10.7. The lowest BCUT2D eigenvalue weighted by Crippen LogP contribution is -2.48. The lowest BCUT2D eigenvalue weighted by molar-refractivity contribution is -0.127. The highest BCUT2D eigenvalue weighted by Gasteiger charge is 2.37. The maximum atomic E-state index is 12.5. The number of hydrogen-bond acceptors (Lipinski definition) is 4. The van der Waals surface area contributed by atoms with Gasteiger partial charge in [0.05, 0.1) is 19.2 Å². The predicted molar refractivity (Wildman–Crippen MR) is 135 cm³/mol. The van der Waals surface area contributed by atoms with Crippen LogP contribution in [0.25, 0.3) is 10.9 Å². The third kappa shape index (κ3) is 8.01. The maximum Gasteiger partial charge on any atom is 0.268 e. The van der Waals surface area contributed by atoms with Crippen molar-refractivity contribution in [3.8, 4) is 0 Å². The van der Waals surface area contributed by atoms with Crippen molar-refractivity contribution < 1.29 is 19.1 Å². The summed E-state index contributed by atoms with van der Waals surface area (Å²) in [6, 6.07) is 18.0. The normalized spacial score (nSPS) is 14.4. The van der Waals surface area contributed by atoms with Crippen molar-refractivity contribution in [2.75, 3.05) is 13.2 Å². The van der Waals surface area contributed by atoms with Crippen molar-refractivity contribution in [3.05, 3.63) is 84.6 Å². The van der Waals surface area contributed by atoms with Gasteiger partial charge in [-0.1, -0.05) is 68.5 Å². The van der Waals surface area contributed by atoms with Gasteiger partial charge in [0.25, 0.3) is 5.91 Å². The van der Waals surface area contributed by atoms with Gasteiger partial charge in [-0.25, -0.2) is 0 Å². The fourth-order valence-corrected chi connectivity index (χ4v) is 3.21. The van der Waals surface area contributed by atoms with Gasteiger partial charge in [-0.3, -0.25) is 14.4 Å². The molecule has 2 amide bonds. The van der Waals surface area contributed by atoms with Gasteiger partial charge in [0.1, 0.15) is 11.8 Å². The Labute approximate surface area is 200 Å². The highest BCUT2D eigenvalue weighted by molar-refractivity contribution is 6.00. The standard InChI is InChI=1S/C22H21N3O4.C3H6.C2H6/c26-20(12-23-22(28)18-11-15-8-4-5-9-16(15)24-18)25-17(21(27)19-13-29-19)10-14-6-2-1-3-7-14;1-3-2;1-2/h1-9,11,17,19,24H,10,12-13H2,(H,23,28)(H,25,26);3H,1H2,2H3;1-2H3. The van der Waals surface area contributed by atoms with Crippen molar-refractivity contribution in [2.45, 2.75) is 39.3 Å². The van der Waals surface area contributed by atoms with Gasteiger partial charge < -0.3 is 20.4 Å². The van der Waals surface area contributed by atoms with E-state index in [1.165, 1.54) is 0 Å². The Bertz CT molecular complexity index is 1050. The number of hydrogen-bond donors (Lipinski definition) is 3. The SMILES string of the molecule is C=CC.CC.O=C(CNC(=O)c1cc2ccccc2[nH]1)NC(Cc1ccccc1)C(=O)C1CO1. The molecule has 2 aromatic carbocycles. The molecule has 1 aliphatic rings. The minimum Gasteiger partial charge on any atom is -0.365 e. The molecular formula is C27H33N3O4. The number of carbonyl (C=O) groups excluding carboxylic acids is 3. The molecule has 2 unspecified atom stereocenters. The monoisotopic (exact) mass is 463 g/mol. The van der Waals surface area contributed by atoms with Crippen molar-refractivity contribution in [3.63, 3.8) is 0 Å². The molecule has 0 spiro atoms. The first-order valence-corrected chi connectivity index (χ1v) is 11.4. The molecule has 34 heavy (non-hydrogen) atoms. The average Bonchev–Trinajstić information content (AvgIpc) is 3.62. The number of fused-ring (bicyclic) bond motifs is 1. The number of rotatable bonds is 8. The van der Waals surface area contributed by atoms with Gasteiger partial charge in [0.2, 0.25) is 5.91 Å². The molecular weight excluding hydrogens is 430 g/mol. The molecule has 2 heterocycles. The Hall–Kier alpha value is -3.71. The number of benzene rings is 2. The lowest BCUT2D eigenvalue weighted by atomic mass is 10.0. The fourth-order valence-electron chi connectivity index (χ4n) is 3.21. The largest absolute Gasteiger partial charge is 0.365 e. The van der Waals surface area contributed by atoms with Crippen LogP contribution >= 0.6 is 0 Å². The van der Waals surface area contributed by atoms with E-state index in [1.54, 1.807) is 12.1 Å². The quantitative estimate of drug-likeness (QED) is 0.349. The van der Waals surface area contributed by atoms with Gasteiger partial charge in [0.15, 0.2) is 5.78 Å². The second-order valence-electron chi connectivity index (χ2n) is 7.40. The number of allylic oxidation sites excluding steroid dienone is 1. The zero-order chi connectivity index (χ0) is 24.9. The fraction of sp³-hybridized carbons (Fsp3) is 0.296. The second-order valence-corrected chi connectivity index (χ2v) is 7.40. The number of H-pyrrole nitrogens is 1. The molecule has 0 saturated carbocycles. The summed E-state index contributed by atoms with van der Waals surface area (Å²) >= 11 is 0. The van der Waals surface area contributed by atoms with E-state index in [2.05, 4.69) is 22.2 Å².